The number of nitrogens with two attached hydrogens (primary N) is 1. The lowest BCUT2D eigenvalue weighted by atomic mass is 10.1. The van der Waals surface area contributed by atoms with Crippen molar-refractivity contribution < 1.29 is 4.79 Å². The van der Waals surface area contributed by atoms with Gasteiger partial charge >= 0.3 is 0 Å². The summed E-state index contributed by atoms with van der Waals surface area (Å²) in [5.74, 6) is -0.225. The van der Waals surface area contributed by atoms with E-state index in [4.69, 9.17) is 17.3 Å². The van der Waals surface area contributed by atoms with Crippen LogP contribution in [0.1, 0.15) is 5.56 Å². The first-order chi connectivity index (χ1) is 10.0. The molecule has 5 nitrogen and oxygen atoms in total. The summed E-state index contributed by atoms with van der Waals surface area (Å²) in [5.41, 5.74) is 6.87. The van der Waals surface area contributed by atoms with Gasteiger partial charge in [0.15, 0.2) is 0 Å². The van der Waals surface area contributed by atoms with E-state index in [0.717, 1.165) is 5.56 Å². The zero-order valence-corrected chi connectivity index (χ0v) is 12.1. The monoisotopic (exact) mass is 305 g/mol. The normalized spacial score (nSPS) is 10.3. The highest BCUT2D eigenvalue weighted by molar-refractivity contribution is 6.30. The van der Waals surface area contributed by atoms with Crippen molar-refractivity contribution in [2.75, 3.05) is 12.3 Å². The van der Waals surface area contributed by atoms with Gasteiger partial charge in [0.05, 0.1) is 0 Å². The van der Waals surface area contributed by atoms with Crippen molar-refractivity contribution in [3.05, 3.63) is 63.5 Å². The van der Waals surface area contributed by atoms with Gasteiger partial charge in [0.25, 0.3) is 5.56 Å². The van der Waals surface area contributed by atoms with Gasteiger partial charge in [-0.25, -0.2) is 0 Å². The minimum Gasteiger partial charge on any atom is -0.398 e. The molecule has 6 heteroatoms. The van der Waals surface area contributed by atoms with Crippen LogP contribution in [0.4, 0.5) is 5.69 Å². The molecule has 1 aromatic carbocycles. The maximum absolute atomic E-state index is 11.8. The van der Waals surface area contributed by atoms with Gasteiger partial charge in [-0.05, 0) is 30.2 Å². The Balaban J connectivity index is 1.83. The van der Waals surface area contributed by atoms with E-state index >= 15 is 0 Å². The summed E-state index contributed by atoms with van der Waals surface area (Å²) in [5, 5.41) is 3.45. The van der Waals surface area contributed by atoms with Gasteiger partial charge in [0.1, 0.15) is 6.54 Å². The Morgan fingerprint density at radius 3 is 2.62 bits per heavy atom. The lowest BCUT2D eigenvalue weighted by Gasteiger charge is -2.08. The highest BCUT2D eigenvalue weighted by Gasteiger charge is 2.04. The standard InChI is InChI=1S/C15H16ClN3O2/c16-12-3-1-11(2-4-12)7-8-18-14(20)10-19-9-13(17)5-6-15(19)21/h1-6,9H,7-8,10,17H2,(H,18,20). The second-order valence-electron chi connectivity index (χ2n) is 4.65. The van der Waals surface area contributed by atoms with Crippen molar-refractivity contribution in [3.8, 4) is 0 Å². The molecular weight excluding hydrogens is 290 g/mol. The quantitative estimate of drug-likeness (QED) is 0.877. The van der Waals surface area contributed by atoms with Crippen molar-refractivity contribution in [1.82, 2.24) is 9.88 Å². The van der Waals surface area contributed by atoms with Crippen molar-refractivity contribution in [1.29, 1.82) is 0 Å². The van der Waals surface area contributed by atoms with E-state index in [0.29, 0.717) is 23.7 Å². The minimum atomic E-state index is -0.253. The molecule has 0 aliphatic carbocycles. The number of nitrogen functional groups attached to an aromatic ring is 1. The molecular formula is C15H16ClN3O2. The topological polar surface area (TPSA) is 77.1 Å². The average Bonchev–Trinajstić information content (AvgIpc) is 2.45. The van der Waals surface area contributed by atoms with Crippen LogP contribution < -0.4 is 16.6 Å². The lowest BCUT2D eigenvalue weighted by Crippen LogP contribution is -2.33. The number of amides is 1. The van der Waals surface area contributed by atoms with Gasteiger partial charge in [-0.3, -0.25) is 9.59 Å². The summed E-state index contributed by atoms with van der Waals surface area (Å²) >= 11 is 5.80. The van der Waals surface area contributed by atoms with Gasteiger partial charge in [-0.15, -0.1) is 0 Å². The summed E-state index contributed by atoms with van der Waals surface area (Å²) in [6.45, 7) is 0.460. The molecule has 110 valence electrons. The number of nitrogens with one attached hydrogen (secondary N) is 1. The number of rotatable bonds is 5. The molecule has 0 aliphatic rings. The number of nitrogens with zero attached hydrogens (tertiary/aromatic N) is 1. The Hall–Kier alpha value is -2.27. The van der Waals surface area contributed by atoms with E-state index in [1.807, 2.05) is 24.3 Å². The molecule has 2 aromatic rings. The number of carbonyl (C=O) groups is 1. The molecule has 0 aliphatic heterocycles. The van der Waals surface area contributed by atoms with Crippen molar-refractivity contribution in [2.45, 2.75) is 13.0 Å². The second-order valence-corrected chi connectivity index (χ2v) is 5.09. The van der Waals surface area contributed by atoms with Crippen molar-refractivity contribution in [2.24, 2.45) is 0 Å². The van der Waals surface area contributed by atoms with E-state index in [1.54, 1.807) is 0 Å². The highest BCUT2D eigenvalue weighted by Crippen LogP contribution is 2.09. The van der Waals surface area contributed by atoms with Gasteiger partial charge < -0.3 is 15.6 Å². The number of anilines is 1. The number of carbonyl (C=O) groups excluding carboxylic acids is 1. The van der Waals surface area contributed by atoms with E-state index in [1.165, 1.54) is 22.9 Å². The van der Waals surface area contributed by atoms with Crippen LogP contribution in [0.5, 0.6) is 0 Å². The van der Waals surface area contributed by atoms with Crippen LogP contribution in [0, 0.1) is 0 Å². The maximum atomic E-state index is 11.8. The Kier molecular flexibility index (Phi) is 5.00. The first kappa shape index (κ1) is 15.1. The van der Waals surface area contributed by atoms with Crippen LogP contribution in [0.15, 0.2) is 47.4 Å². The van der Waals surface area contributed by atoms with E-state index in [2.05, 4.69) is 5.32 Å². The third kappa shape index (κ3) is 4.65. The van der Waals surface area contributed by atoms with Gasteiger partial charge in [0.2, 0.25) is 5.91 Å². The molecule has 1 amide bonds. The van der Waals surface area contributed by atoms with Gasteiger partial charge in [0, 0.05) is 29.5 Å². The fraction of sp³-hybridized carbons (Fsp3) is 0.200. The number of pyridine rings is 1. The predicted octanol–water partition coefficient (Wildman–Crippen LogP) is 1.44. The van der Waals surface area contributed by atoms with Gasteiger partial charge in [-0.1, -0.05) is 23.7 Å². The summed E-state index contributed by atoms with van der Waals surface area (Å²) in [7, 11) is 0. The molecule has 0 unspecified atom stereocenters. The third-order valence-electron chi connectivity index (χ3n) is 2.97. The zero-order chi connectivity index (χ0) is 15.2. The Morgan fingerprint density at radius 1 is 1.19 bits per heavy atom. The summed E-state index contributed by atoms with van der Waals surface area (Å²) in [4.78, 5) is 23.3. The maximum Gasteiger partial charge on any atom is 0.251 e. The van der Waals surface area contributed by atoms with Crippen molar-refractivity contribution in [3.63, 3.8) is 0 Å². The zero-order valence-electron chi connectivity index (χ0n) is 11.4. The largest absolute Gasteiger partial charge is 0.398 e. The first-order valence-electron chi connectivity index (χ1n) is 6.52. The molecule has 0 saturated heterocycles. The lowest BCUT2D eigenvalue weighted by molar-refractivity contribution is -0.121. The number of hydrogen-bond acceptors (Lipinski definition) is 3. The first-order valence-corrected chi connectivity index (χ1v) is 6.89. The number of hydrogen-bond donors (Lipinski definition) is 2. The number of benzene rings is 1. The molecule has 0 fully saturated rings. The van der Waals surface area contributed by atoms with E-state index in [-0.39, 0.29) is 18.0 Å². The fourth-order valence-corrected chi connectivity index (χ4v) is 2.01. The molecule has 21 heavy (non-hydrogen) atoms. The third-order valence-corrected chi connectivity index (χ3v) is 3.22. The van der Waals surface area contributed by atoms with E-state index in [9.17, 15) is 9.59 Å². The Bertz CT molecular complexity index is 680. The summed E-state index contributed by atoms with van der Waals surface area (Å²) < 4.78 is 1.28. The van der Waals surface area contributed by atoms with Crippen LogP contribution in [-0.2, 0) is 17.8 Å². The summed E-state index contributed by atoms with van der Waals surface area (Å²) in [6, 6.07) is 10.3. The fourth-order valence-electron chi connectivity index (χ4n) is 1.88. The molecule has 0 bridgehead atoms. The highest BCUT2D eigenvalue weighted by atomic mass is 35.5. The van der Waals surface area contributed by atoms with E-state index < -0.39 is 0 Å². The Labute approximate surface area is 127 Å². The minimum absolute atomic E-state index is 0.0372. The summed E-state index contributed by atoms with van der Waals surface area (Å²) in [6.07, 6.45) is 2.16. The number of halogens is 1. The van der Waals surface area contributed by atoms with Crippen LogP contribution in [0.25, 0.3) is 0 Å². The molecule has 0 saturated carbocycles. The molecule has 3 N–H and O–H groups in total. The smallest absolute Gasteiger partial charge is 0.251 e. The van der Waals surface area contributed by atoms with Crippen molar-refractivity contribution >= 4 is 23.2 Å². The molecule has 1 aromatic heterocycles. The van der Waals surface area contributed by atoms with Crippen LogP contribution >= 0.6 is 11.6 Å². The number of aromatic nitrogens is 1. The van der Waals surface area contributed by atoms with Crippen LogP contribution in [-0.4, -0.2) is 17.0 Å². The average molecular weight is 306 g/mol. The van der Waals surface area contributed by atoms with Crippen LogP contribution in [0.2, 0.25) is 5.02 Å². The molecule has 0 spiro atoms. The SMILES string of the molecule is Nc1ccc(=O)n(CC(=O)NCCc2ccc(Cl)cc2)c1. The van der Waals surface area contributed by atoms with Crippen LogP contribution in [0.3, 0.4) is 0 Å². The molecule has 2 rings (SSSR count). The van der Waals surface area contributed by atoms with Gasteiger partial charge in [-0.2, -0.15) is 0 Å². The predicted molar refractivity (Wildman–Crippen MR) is 83.3 cm³/mol. The Morgan fingerprint density at radius 2 is 1.90 bits per heavy atom. The molecule has 1 heterocycles. The second kappa shape index (κ2) is 6.95. The molecule has 0 atom stereocenters. The molecule has 0 radical (unpaired) electrons.